The van der Waals surface area contributed by atoms with Crippen molar-refractivity contribution in [3.05, 3.63) is 59.7 Å². The molecular formula is C27H32N2O5. The molecule has 0 spiro atoms. The molecule has 0 aromatic heterocycles. The average Bonchev–Trinajstić information content (AvgIpc) is 3.16. The van der Waals surface area contributed by atoms with Gasteiger partial charge < -0.3 is 20.1 Å². The lowest BCUT2D eigenvalue weighted by Crippen LogP contribution is -2.46. The van der Waals surface area contributed by atoms with E-state index in [0.717, 1.165) is 11.1 Å². The molecule has 2 amide bonds. The van der Waals surface area contributed by atoms with Crippen LogP contribution < -0.4 is 5.32 Å². The summed E-state index contributed by atoms with van der Waals surface area (Å²) in [5.74, 6) is -1.23. The summed E-state index contributed by atoms with van der Waals surface area (Å²) in [6.07, 6.45) is 0.568. The van der Waals surface area contributed by atoms with E-state index in [1.807, 2.05) is 38.1 Å². The van der Waals surface area contributed by atoms with Crippen LogP contribution in [0.3, 0.4) is 0 Å². The highest BCUT2D eigenvalue weighted by Gasteiger charge is 2.31. The molecule has 1 heterocycles. The lowest BCUT2D eigenvalue weighted by molar-refractivity contribution is -0.145. The Labute approximate surface area is 200 Å². The normalized spacial score (nSPS) is 16.6. The van der Waals surface area contributed by atoms with Crippen molar-refractivity contribution in [3.8, 4) is 11.1 Å². The molecule has 4 rings (SSSR count). The number of alkyl carbamates (subject to hydrolysis) is 1. The van der Waals surface area contributed by atoms with Crippen molar-refractivity contribution in [2.75, 3.05) is 19.7 Å². The van der Waals surface area contributed by atoms with Gasteiger partial charge in [-0.3, -0.25) is 9.59 Å². The maximum Gasteiger partial charge on any atom is 0.407 e. The van der Waals surface area contributed by atoms with Gasteiger partial charge in [0.1, 0.15) is 6.61 Å². The minimum Gasteiger partial charge on any atom is -0.481 e. The number of likely N-dealkylation sites (tertiary alicyclic amines) is 1. The molecule has 2 aliphatic rings. The fourth-order valence-corrected chi connectivity index (χ4v) is 4.94. The van der Waals surface area contributed by atoms with E-state index in [1.165, 1.54) is 11.1 Å². The number of carbonyl (C=O) groups excluding carboxylic acids is 2. The van der Waals surface area contributed by atoms with Gasteiger partial charge in [-0.25, -0.2) is 4.79 Å². The standard InChI is InChI=1S/C27H32N2O5/c1-17(2)24(15-25(30)29-13-11-18(12-14-29)26(31)32)28-27(33)34-16-23-21-9-5-3-7-19(21)20-8-4-6-10-22(20)23/h3-10,17-18,23-24H,11-16H2,1-2H3,(H,28,33)(H,31,32). The first kappa shape index (κ1) is 23.8. The zero-order valence-electron chi connectivity index (χ0n) is 19.7. The fraction of sp³-hybridized carbons (Fsp3) is 0.444. The van der Waals surface area contributed by atoms with Crippen molar-refractivity contribution < 1.29 is 24.2 Å². The average molecular weight is 465 g/mol. The van der Waals surface area contributed by atoms with Crippen molar-refractivity contribution in [1.82, 2.24) is 10.2 Å². The smallest absolute Gasteiger partial charge is 0.407 e. The Hall–Kier alpha value is -3.35. The number of rotatable bonds is 7. The Bertz CT molecular complexity index is 1010. The number of benzene rings is 2. The molecule has 1 aliphatic heterocycles. The third-order valence-corrected chi connectivity index (χ3v) is 7.04. The van der Waals surface area contributed by atoms with E-state index >= 15 is 0 Å². The van der Waals surface area contributed by atoms with Crippen LogP contribution in [0.2, 0.25) is 0 Å². The zero-order chi connectivity index (χ0) is 24.2. The van der Waals surface area contributed by atoms with E-state index in [9.17, 15) is 14.4 Å². The molecule has 2 N–H and O–H groups in total. The van der Waals surface area contributed by atoms with Crippen molar-refractivity contribution in [1.29, 1.82) is 0 Å². The van der Waals surface area contributed by atoms with E-state index in [1.54, 1.807) is 4.90 Å². The van der Waals surface area contributed by atoms with Gasteiger partial charge in [-0.05, 0) is 41.0 Å². The van der Waals surface area contributed by atoms with Crippen molar-refractivity contribution in [2.45, 2.75) is 45.1 Å². The molecule has 0 bridgehead atoms. The lowest BCUT2D eigenvalue weighted by atomic mass is 9.95. The van der Waals surface area contributed by atoms with Crippen LogP contribution in [0.1, 0.15) is 50.2 Å². The topological polar surface area (TPSA) is 95.9 Å². The van der Waals surface area contributed by atoms with Crippen LogP contribution in [0.15, 0.2) is 48.5 Å². The monoisotopic (exact) mass is 464 g/mol. The molecule has 2 aromatic rings. The molecular weight excluding hydrogens is 432 g/mol. The summed E-state index contributed by atoms with van der Waals surface area (Å²) < 4.78 is 5.65. The van der Waals surface area contributed by atoms with Crippen LogP contribution in [-0.4, -0.2) is 53.7 Å². The Morgan fingerprint density at radius 1 is 1.00 bits per heavy atom. The molecule has 1 saturated heterocycles. The molecule has 0 radical (unpaired) electrons. The van der Waals surface area contributed by atoms with Gasteiger partial charge in [-0.2, -0.15) is 0 Å². The van der Waals surface area contributed by atoms with Gasteiger partial charge in [0.15, 0.2) is 0 Å². The summed E-state index contributed by atoms with van der Waals surface area (Å²) >= 11 is 0. The van der Waals surface area contributed by atoms with Crippen molar-refractivity contribution >= 4 is 18.0 Å². The number of carbonyl (C=O) groups is 3. The first-order chi connectivity index (χ1) is 16.3. The van der Waals surface area contributed by atoms with E-state index < -0.39 is 12.1 Å². The predicted molar refractivity (Wildman–Crippen MR) is 128 cm³/mol. The lowest BCUT2D eigenvalue weighted by Gasteiger charge is -2.32. The Morgan fingerprint density at radius 2 is 1.56 bits per heavy atom. The molecule has 1 unspecified atom stereocenters. The number of nitrogens with zero attached hydrogens (tertiary/aromatic N) is 1. The van der Waals surface area contributed by atoms with E-state index in [2.05, 4.69) is 29.6 Å². The van der Waals surface area contributed by atoms with Gasteiger partial charge in [-0.1, -0.05) is 62.4 Å². The largest absolute Gasteiger partial charge is 0.481 e. The maximum absolute atomic E-state index is 12.8. The Kier molecular flexibility index (Phi) is 7.20. The summed E-state index contributed by atoms with van der Waals surface area (Å²) in [5.41, 5.74) is 4.64. The molecule has 7 nitrogen and oxygen atoms in total. The summed E-state index contributed by atoms with van der Waals surface area (Å²) in [4.78, 5) is 38.3. The molecule has 1 fully saturated rings. The summed E-state index contributed by atoms with van der Waals surface area (Å²) in [7, 11) is 0. The second-order valence-electron chi connectivity index (χ2n) is 9.52. The summed E-state index contributed by atoms with van der Waals surface area (Å²) in [5, 5.41) is 12.0. The number of amides is 2. The SMILES string of the molecule is CC(C)C(CC(=O)N1CCC(C(=O)O)CC1)NC(=O)OCC1c2ccccc2-c2ccccc21. The summed E-state index contributed by atoms with van der Waals surface area (Å²) in [6.45, 7) is 5.01. The Balaban J connectivity index is 1.33. The molecule has 0 saturated carbocycles. The van der Waals surface area contributed by atoms with E-state index in [-0.39, 0.29) is 42.7 Å². The second kappa shape index (κ2) is 10.3. The van der Waals surface area contributed by atoms with Crippen LogP contribution in [0, 0.1) is 11.8 Å². The molecule has 2 aromatic carbocycles. The van der Waals surface area contributed by atoms with Crippen LogP contribution in [-0.2, 0) is 14.3 Å². The van der Waals surface area contributed by atoms with Gasteiger partial charge in [0.25, 0.3) is 0 Å². The third-order valence-electron chi connectivity index (χ3n) is 7.04. The number of fused-ring (bicyclic) bond motifs is 3. The number of hydrogen-bond donors (Lipinski definition) is 2. The molecule has 1 atom stereocenters. The van der Waals surface area contributed by atoms with Crippen LogP contribution >= 0.6 is 0 Å². The number of hydrogen-bond acceptors (Lipinski definition) is 4. The van der Waals surface area contributed by atoms with Gasteiger partial charge in [0.05, 0.1) is 5.92 Å². The van der Waals surface area contributed by atoms with E-state index in [4.69, 9.17) is 9.84 Å². The minimum atomic E-state index is -0.802. The van der Waals surface area contributed by atoms with Gasteiger partial charge in [0.2, 0.25) is 5.91 Å². The van der Waals surface area contributed by atoms with Gasteiger partial charge in [0, 0.05) is 31.5 Å². The number of nitrogens with one attached hydrogen (secondary N) is 1. The van der Waals surface area contributed by atoms with Crippen molar-refractivity contribution in [3.63, 3.8) is 0 Å². The fourth-order valence-electron chi connectivity index (χ4n) is 4.94. The predicted octanol–water partition coefficient (Wildman–Crippen LogP) is 4.26. The molecule has 180 valence electrons. The first-order valence-corrected chi connectivity index (χ1v) is 12.0. The second-order valence-corrected chi connectivity index (χ2v) is 9.52. The number of carboxylic acid groups (broad SMARTS) is 1. The maximum atomic E-state index is 12.8. The number of carboxylic acids is 1. The molecule has 34 heavy (non-hydrogen) atoms. The highest BCUT2D eigenvalue weighted by molar-refractivity contribution is 5.80. The number of piperidine rings is 1. The third kappa shape index (κ3) is 5.08. The quantitative estimate of drug-likeness (QED) is 0.638. The highest BCUT2D eigenvalue weighted by Crippen LogP contribution is 2.44. The molecule has 1 aliphatic carbocycles. The van der Waals surface area contributed by atoms with Crippen LogP contribution in [0.4, 0.5) is 4.79 Å². The molecule has 7 heteroatoms. The number of ether oxygens (including phenoxy) is 1. The van der Waals surface area contributed by atoms with Gasteiger partial charge in [-0.15, -0.1) is 0 Å². The van der Waals surface area contributed by atoms with Crippen LogP contribution in [0.5, 0.6) is 0 Å². The van der Waals surface area contributed by atoms with Crippen molar-refractivity contribution in [2.24, 2.45) is 11.8 Å². The van der Waals surface area contributed by atoms with Gasteiger partial charge >= 0.3 is 12.1 Å². The number of aliphatic carboxylic acids is 1. The highest BCUT2D eigenvalue weighted by atomic mass is 16.5. The Morgan fingerprint density at radius 3 is 2.09 bits per heavy atom. The first-order valence-electron chi connectivity index (χ1n) is 12.0. The van der Waals surface area contributed by atoms with E-state index in [0.29, 0.717) is 25.9 Å². The zero-order valence-corrected chi connectivity index (χ0v) is 19.7. The van der Waals surface area contributed by atoms with Crippen LogP contribution in [0.25, 0.3) is 11.1 Å². The summed E-state index contributed by atoms with van der Waals surface area (Å²) in [6, 6.07) is 16.0. The minimum absolute atomic E-state index is 0.0205.